The topological polar surface area (TPSA) is 113 Å². The average molecular weight is 514 g/mol. The SMILES string of the molecule is Cc1ccc(S(=O)(=O)NCCNC(=O)c2ccc3c(c2)C[C@@H](C)N3S(=O)(=O)c2ccccc2)cc1. The lowest BCUT2D eigenvalue weighted by molar-refractivity contribution is 0.0954. The summed E-state index contributed by atoms with van der Waals surface area (Å²) in [6.45, 7) is 3.85. The van der Waals surface area contributed by atoms with Crippen molar-refractivity contribution < 1.29 is 21.6 Å². The van der Waals surface area contributed by atoms with Gasteiger partial charge in [0.15, 0.2) is 0 Å². The predicted molar refractivity (Wildman–Crippen MR) is 134 cm³/mol. The van der Waals surface area contributed by atoms with E-state index >= 15 is 0 Å². The first-order chi connectivity index (χ1) is 16.6. The Hall–Kier alpha value is -3.21. The monoisotopic (exact) mass is 513 g/mol. The molecule has 8 nitrogen and oxygen atoms in total. The van der Waals surface area contributed by atoms with E-state index in [1.54, 1.807) is 60.7 Å². The molecule has 0 radical (unpaired) electrons. The van der Waals surface area contributed by atoms with Gasteiger partial charge < -0.3 is 5.32 Å². The summed E-state index contributed by atoms with van der Waals surface area (Å²) < 4.78 is 55.0. The van der Waals surface area contributed by atoms with Gasteiger partial charge in [0.25, 0.3) is 15.9 Å². The number of nitrogens with one attached hydrogen (secondary N) is 2. The second kappa shape index (κ2) is 9.80. The van der Waals surface area contributed by atoms with Crippen molar-refractivity contribution in [3.63, 3.8) is 0 Å². The lowest BCUT2D eigenvalue weighted by Crippen LogP contribution is -2.35. The molecule has 0 saturated carbocycles. The fourth-order valence-corrected chi connectivity index (χ4v) is 6.83. The van der Waals surface area contributed by atoms with E-state index < -0.39 is 20.0 Å². The first kappa shape index (κ1) is 24.9. The molecule has 1 aliphatic heterocycles. The zero-order valence-electron chi connectivity index (χ0n) is 19.4. The summed E-state index contributed by atoms with van der Waals surface area (Å²) in [4.78, 5) is 13.0. The molecule has 4 rings (SSSR count). The molecule has 2 N–H and O–H groups in total. The van der Waals surface area contributed by atoms with E-state index in [4.69, 9.17) is 0 Å². The Bertz CT molecular complexity index is 1440. The normalized spacial score (nSPS) is 15.6. The molecule has 0 aliphatic carbocycles. The lowest BCUT2D eigenvalue weighted by Gasteiger charge is -2.24. The van der Waals surface area contributed by atoms with Crippen molar-refractivity contribution >= 4 is 31.6 Å². The van der Waals surface area contributed by atoms with Gasteiger partial charge in [-0.1, -0.05) is 35.9 Å². The number of amides is 1. The molecule has 184 valence electrons. The Labute approximate surface area is 206 Å². The van der Waals surface area contributed by atoms with E-state index in [9.17, 15) is 21.6 Å². The number of carbonyl (C=O) groups excluding carboxylic acids is 1. The maximum absolute atomic E-state index is 13.2. The van der Waals surface area contributed by atoms with Gasteiger partial charge in [0, 0.05) is 24.7 Å². The molecule has 0 saturated heterocycles. The Kier molecular flexibility index (Phi) is 6.98. The zero-order valence-corrected chi connectivity index (χ0v) is 21.1. The number of aryl methyl sites for hydroxylation is 1. The zero-order chi connectivity index (χ0) is 25.2. The van der Waals surface area contributed by atoms with Crippen LogP contribution < -0.4 is 14.3 Å². The van der Waals surface area contributed by atoms with Crippen LogP contribution in [-0.4, -0.2) is 41.9 Å². The van der Waals surface area contributed by atoms with Crippen molar-refractivity contribution in [3.05, 3.63) is 89.5 Å². The quantitative estimate of drug-likeness (QED) is 0.450. The van der Waals surface area contributed by atoms with Gasteiger partial charge in [0.2, 0.25) is 10.0 Å². The molecule has 0 bridgehead atoms. The Morgan fingerprint density at radius 2 is 1.60 bits per heavy atom. The minimum Gasteiger partial charge on any atom is -0.351 e. The number of nitrogens with zero attached hydrogens (tertiary/aromatic N) is 1. The maximum atomic E-state index is 13.2. The number of benzene rings is 3. The maximum Gasteiger partial charge on any atom is 0.264 e. The minimum atomic E-state index is -3.72. The number of rotatable bonds is 8. The summed E-state index contributed by atoms with van der Waals surface area (Å²) in [6.07, 6.45) is 0.485. The van der Waals surface area contributed by atoms with Crippen molar-refractivity contribution in [2.75, 3.05) is 17.4 Å². The number of fused-ring (bicyclic) bond motifs is 1. The average Bonchev–Trinajstić information content (AvgIpc) is 3.18. The van der Waals surface area contributed by atoms with Crippen LogP contribution in [0.25, 0.3) is 0 Å². The molecule has 3 aromatic rings. The van der Waals surface area contributed by atoms with Crippen molar-refractivity contribution in [1.82, 2.24) is 10.0 Å². The van der Waals surface area contributed by atoms with Gasteiger partial charge in [-0.05, 0) is 68.3 Å². The van der Waals surface area contributed by atoms with E-state index in [1.807, 2.05) is 13.8 Å². The van der Waals surface area contributed by atoms with Gasteiger partial charge in [-0.2, -0.15) is 0 Å². The first-order valence-electron chi connectivity index (χ1n) is 11.2. The van der Waals surface area contributed by atoms with E-state index in [2.05, 4.69) is 10.0 Å². The summed E-state index contributed by atoms with van der Waals surface area (Å²) in [7, 11) is -7.38. The van der Waals surface area contributed by atoms with Crippen molar-refractivity contribution in [2.45, 2.75) is 36.1 Å². The van der Waals surface area contributed by atoms with Crippen LogP contribution in [0.3, 0.4) is 0 Å². The van der Waals surface area contributed by atoms with E-state index in [0.717, 1.165) is 11.1 Å². The number of hydrogen-bond acceptors (Lipinski definition) is 5. The van der Waals surface area contributed by atoms with Gasteiger partial charge in [-0.15, -0.1) is 0 Å². The molecular weight excluding hydrogens is 486 g/mol. The van der Waals surface area contributed by atoms with Crippen molar-refractivity contribution in [3.8, 4) is 0 Å². The van der Waals surface area contributed by atoms with Crippen LogP contribution in [-0.2, 0) is 26.5 Å². The molecule has 1 heterocycles. The lowest BCUT2D eigenvalue weighted by atomic mass is 10.1. The molecule has 0 unspecified atom stereocenters. The smallest absolute Gasteiger partial charge is 0.264 e. The second-order valence-corrected chi connectivity index (χ2v) is 12.1. The molecular formula is C25H27N3O5S2. The Morgan fingerprint density at radius 1 is 0.914 bits per heavy atom. The van der Waals surface area contributed by atoms with Crippen LogP contribution in [0, 0.1) is 6.92 Å². The highest BCUT2D eigenvalue weighted by molar-refractivity contribution is 7.93. The Balaban J connectivity index is 1.40. The van der Waals surface area contributed by atoms with Crippen LogP contribution in [0.15, 0.2) is 82.6 Å². The molecule has 3 aromatic carbocycles. The number of anilines is 1. The standard InChI is InChI=1S/C25H27N3O5S2/c1-18-8-11-22(12-9-18)34(30,31)27-15-14-26-25(29)20-10-13-24-21(17-20)16-19(2)28(24)35(32,33)23-6-4-3-5-7-23/h3-13,17,19,27H,14-16H2,1-2H3,(H,26,29)/t19-/m1/s1. The highest BCUT2D eigenvalue weighted by Crippen LogP contribution is 2.37. The highest BCUT2D eigenvalue weighted by atomic mass is 32.2. The van der Waals surface area contributed by atoms with Crippen LogP contribution in [0.4, 0.5) is 5.69 Å². The predicted octanol–water partition coefficient (Wildman–Crippen LogP) is 2.84. The third-order valence-electron chi connectivity index (χ3n) is 5.83. The fraction of sp³-hybridized carbons (Fsp3) is 0.240. The second-order valence-electron chi connectivity index (χ2n) is 8.48. The summed E-state index contributed by atoms with van der Waals surface area (Å²) in [5, 5.41) is 2.70. The fourth-order valence-electron chi connectivity index (χ4n) is 4.08. The summed E-state index contributed by atoms with van der Waals surface area (Å²) in [6, 6.07) is 19.4. The summed E-state index contributed by atoms with van der Waals surface area (Å²) in [5.41, 5.74) is 2.67. The molecule has 0 aromatic heterocycles. The molecule has 10 heteroatoms. The van der Waals surface area contributed by atoms with Crippen LogP contribution in [0.2, 0.25) is 0 Å². The van der Waals surface area contributed by atoms with Gasteiger partial charge >= 0.3 is 0 Å². The molecule has 1 atom stereocenters. The minimum absolute atomic E-state index is 0.0347. The van der Waals surface area contributed by atoms with E-state index in [0.29, 0.717) is 17.7 Å². The highest BCUT2D eigenvalue weighted by Gasteiger charge is 2.36. The summed E-state index contributed by atoms with van der Waals surface area (Å²) >= 11 is 0. The van der Waals surface area contributed by atoms with Gasteiger partial charge in [0.05, 0.1) is 15.5 Å². The molecule has 0 fully saturated rings. The van der Waals surface area contributed by atoms with Gasteiger partial charge in [-0.3, -0.25) is 9.10 Å². The van der Waals surface area contributed by atoms with E-state index in [-0.39, 0.29) is 34.8 Å². The van der Waals surface area contributed by atoms with Crippen LogP contribution >= 0.6 is 0 Å². The Morgan fingerprint density at radius 3 is 2.29 bits per heavy atom. The molecule has 1 amide bonds. The first-order valence-corrected chi connectivity index (χ1v) is 14.1. The third kappa shape index (κ3) is 5.24. The van der Waals surface area contributed by atoms with Crippen molar-refractivity contribution in [2.24, 2.45) is 0 Å². The van der Waals surface area contributed by atoms with Gasteiger partial charge in [-0.25, -0.2) is 21.6 Å². The third-order valence-corrected chi connectivity index (χ3v) is 9.25. The van der Waals surface area contributed by atoms with Crippen molar-refractivity contribution in [1.29, 1.82) is 0 Å². The van der Waals surface area contributed by atoms with E-state index in [1.165, 1.54) is 16.4 Å². The largest absolute Gasteiger partial charge is 0.351 e. The van der Waals surface area contributed by atoms with Crippen LogP contribution in [0.5, 0.6) is 0 Å². The van der Waals surface area contributed by atoms with Crippen LogP contribution in [0.1, 0.15) is 28.4 Å². The molecule has 1 aliphatic rings. The summed E-state index contributed by atoms with van der Waals surface area (Å²) in [5.74, 6) is -0.362. The number of sulfonamides is 2. The number of carbonyl (C=O) groups is 1. The molecule has 0 spiro atoms. The number of hydrogen-bond donors (Lipinski definition) is 2. The molecule has 35 heavy (non-hydrogen) atoms. The van der Waals surface area contributed by atoms with Gasteiger partial charge in [0.1, 0.15) is 0 Å².